The predicted molar refractivity (Wildman–Crippen MR) is 111 cm³/mol. The molecule has 1 aromatic heterocycles. The molecule has 2 aliphatic rings. The van der Waals surface area contributed by atoms with Gasteiger partial charge in [-0.3, -0.25) is 14.7 Å². The maximum Gasteiger partial charge on any atom is 0.236 e. The summed E-state index contributed by atoms with van der Waals surface area (Å²) in [6, 6.07) is 11.9. The van der Waals surface area contributed by atoms with Gasteiger partial charge < -0.3 is 14.4 Å². The first kappa shape index (κ1) is 20.3. The number of amides is 1. The van der Waals surface area contributed by atoms with Gasteiger partial charge in [-0.05, 0) is 23.3 Å². The fraction of sp³-hybridized carbons (Fsp3) is 0.455. The van der Waals surface area contributed by atoms with Crippen LogP contribution in [0.1, 0.15) is 22.9 Å². The van der Waals surface area contributed by atoms with Crippen LogP contribution in [0.2, 0.25) is 5.02 Å². The Kier molecular flexibility index (Phi) is 6.77. The summed E-state index contributed by atoms with van der Waals surface area (Å²) in [6.45, 7) is 5.17. The molecular weight excluding hydrogens is 390 g/mol. The normalized spacial score (nSPS) is 20.6. The van der Waals surface area contributed by atoms with E-state index in [1.54, 1.807) is 0 Å². The maximum atomic E-state index is 12.7. The monoisotopic (exact) mass is 415 g/mol. The van der Waals surface area contributed by atoms with E-state index in [2.05, 4.69) is 16.0 Å². The molecule has 3 heterocycles. The van der Waals surface area contributed by atoms with Crippen LogP contribution < -0.4 is 0 Å². The van der Waals surface area contributed by atoms with Gasteiger partial charge in [-0.1, -0.05) is 35.9 Å². The van der Waals surface area contributed by atoms with Crippen LogP contribution in [0, 0.1) is 0 Å². The minimum Gasteiger partial charge on any atom is -0.379 e. The zero-order chi connectivity index (χ0) is 20.1. The van der Waals surface area contributed by atoms with Gasteiger partial charge in [-0.15, -0.1) is 0 Å². The van der Waals surface area contributed by atoms with Crippen molar-refractivity contribution in [3.8, 4) is 0 Å². The number of pyridine rings is 1. The topological polar surface area (TPSA) is 54.9 Å². The number of carbonyl (C=O) groups is 1. The summed E-state index contributed by atoms with van der Waals surface area (Å²) in [6.07, 6.45) is 2.42. The van der Waals surface area contributed by atoms with Crippen molar-refractivity contribution in [1.82, 2.24) is 14.8 Å². The van der Waals surface area contributed by atoms with E-state index in [9.17, 15) is 4.79 Å². The number of halogens is 1. The Morgan fingerprint density at radius 1 is 1.10 bits per heavy atom. The van der Waals surface area contributed by atoms with Crippen LogP contribution >= 0.6 is 11.6 Å². The lowest BCUT2D eigenvalue weighted by atomic mass is 10.1. The minimum absolute atomic E-state index is 0.149. The van der Waals surface area contributed by atoms with Crippen LogP contribution in [0.25, 0.3) is 0 Å². The van der Waals surface area contributed by atoms with Crippen LogP contribution in [0.5, 0.6) is 0 Å². The van der Waals surface area contributed by atoms with Crippen molar-refractivity contribution < 1.29 is 14.3 Å². The van der Waals surface area contributed by atoms with Crippen molar-refractivity contribution in [3.05, 3.63) is 64.4 Å². The molecule has 29 heavy (non-hydrogen) atoms. The van der Waals surface area contributed by atoms with E-state index in [0.717, 1.165) is 41.4 Å². The van der Waals surface area contributed by atoms with Crippen molar-refractivity contribution in [1.29, 1.82) is 0 Å². The molecule has 1 unspecified atom stereocenters. The van der Waals surface area contributed by atoms with Gasteiger partial charge in [0.1, 0.15) is 6.10 Å². The number of hydrogen-bond donors (Lipinski definition) is 0. The summed E-state index contributed by atoms with van der Waals surface area (Å²) in [5, 5.41) is 0.765. The summed E-state index contributed by atoms with van der Waals surface area (Å²) < 4.78 is 11.3. The van der Waals surface area contributed by atoms with E-state index >= 15 is 0 Å². The van der Waals surface area contributed by atoms with E-state index in [1.807, 2.05) is 41.4 Å². The van der Waals surface area contributed by atoms with Gasteiger partial charge >= 0.3 is 0 Å². The fourth-order valence-electron chi connectivity index (χ4n) is 3.70. The Bertz CT molecular complexity index is 824. The van der Waals surface area contributed by atoms with Crippen LogP contribution in [-0.2, 0) is 20.7 Å². The van der Waals surface area contributed by atoms with Crippen molar-refractivity contribution in [2.75, 3.05) is 52.5 Å². The molecule has 0 aliphatic carbocycles. The number of ether oxygens (including phenoxy) is 2. The highest BCUT2D eigenvalue weighted by Gasteiger charge is 2.27. The lowest BCUT2D eigenvalue weighted by molar-refractivity contribution is -0.141. The number of nitrogens with zero attached hydrogens (tertiary/aromatic N) is 3. The lowest BCUT2D eigenvalue weighted by Gasteiger charge is -2.35. The van der Waals surface area contributed by atoms with E-state index < -0.39 is 0 Å². The van der Waals surface area contributed by atoms with Crippen LogP contribution in [-0.4, -0.2) is 73.2 Å². The molecule has 2 aliphatic heterocycles. The van der Waals surface area contributed by atoms with Crippen LogP contribution in [0.15, 0.2) is 42.6 Å². The fourth-order valence-corrected chi connectivity index (χ4v) is 3.90. The average Bonchev–Trinajstić information content (AvgIpc) is 2.77. The molecule has 6 nitrogen and oxygen atoms in total. The Hall–Kier alpha value is -1.99. The summed E-state index contributed by atoms with van der Waals surface area (Å²) in [5.41, 5.74) is 3.03. The number of rotatable bonds is 5. The third-order valence-corrected chi connectivity index (χ3v) is 5.78. The second-order valence-corrected chi connectivity index (χ2v) is 7.85. The molecule has 0 spiro atoms. The molecule has 4 rings (SSSR count). The van der Waals surface area contributed by atoms with E-state index in [-0.39, 0.29) is 12.0 Å². The molecule has 2 aromatic rings. The third-order valence-electron chi connectivity index (χ3n) is 5.41. The number of aromatic nitrogens is 1. The van der Waals surface area contributed by atoms with Gasteiger partial charge in [0.15, 0.2) is 0 Å². The second kappa shape index (κ2) is 9.67. The van der Waals surface area contributed by atoms with Gasteiger partial charge in [0.05, 0.1) is 38.6 Å². The number of carbonyl (C=O) groups excluding carboxylic acids is 1. The largest absolute Gasteiger partial charge is 0.379 e. The summed E-state index contributed by atoms with van der Waals surface area (Å²) in [5.74, 6) is 0.149. The van der Waals surface area contributed by atoms with Crippen LogP contribution in [0.3, 0.4) is 0 Å². The molecule has 0 N–H and O–H groups in total. The molecule has 1 aromatic carbocycles. The average molecular weight is 416 g/mol. The zero-order valence-electron chi connectivity index (χ0n) is 16.4. The van der Waals surface area contributed by atoms with E-state index in [1.165, 1.54) is 0 Å². The van der Waals surface area contributed by atoms with Crippen molar-refractivity contribution >= 4 is 17.5 Å². The standard InChI is InChI=1S/C22H26ClN3O3/c23-19-4-2-1-3-18(19)13-17-5-6-20(24-14-17)21-15-26(9-12-29-21)22(27)16-25-7-10-28-11-8-25/h1-6,14,21H,7-13,15-16H2. The minimum atomic E-state index is -0.188. The lowest BCUT2D eigenvalue weighted by Crippen LogP contribution is -2.48. The molecule has 1 atom stereocenters. The molecule has 0 radical (unpaired) electrons. The molecule has 0 saturated carbocycles. The van der Waals surface area contributed by atoms with E-state index in [4.69, 9.17) is 21.1 Å². The molecule has 154 valence electrons. The van der Waals surface area contributed by atoms with Crippen LogP contribution in [0.4, 0.5) is 0 Å². The number of hydrogen-bond acceptors (Lipinski definition) is 5. The second-order valence-electron chi connectivity index (χ2n) is 7.45. The smallest absolute Gasteiger partial charge is 0.236 e. The Morgan fingerprint density at radius 2 is 1.93 bits per heavy atom. The summed E-state index contributed by atoms with van der Waals surface area (Å²) in [7, 11) is 0. The molecule has 2 fully saturated rings. The predicted octanol–water partition coefficient (Wildman–Crippen LogP) is 2.56. The summed E-state index contributed by atoms with van der Waals surface area (Å²) >= 11 is 6.25. The van der Waals surface area contributed by atoms with Gasteiger partial charge in [0, 0.05) is 37.3 Å². The first-order valence-corrected chi connectivity index (χ1v) is 10.4. The van der Waals surface area contributed by atoms with Crippen molar-refractivity contribution in [2.24, 2.45) is 0 Å². The first-order valence-electron chi connectivity index (χ1n) is 10.1. The number of benzene rings is 1. The highest BCUT2D eigenvalue weighted by atomic mass is 35.5. The molecular formula is C22H26ClN3O3. The van der Waals surface area contributed by atoms with Gasteiger partial charge in [0.2, 0.25) is 5.91 Å². The van der Waals surface area contributed by atoms with Crippen molar-refractivity contribution in [2.45, 2.75) is 12.5 Å². The first-order chi connectivity index (χ1) is 14.2. The van der Waals surface area contributed by atoms with E-state index in [0.29, 0.717) is 39.5 Å². The maximum absolute atomic E-state index is 12.7. The summed E-state index contributed by atoms with van der Waals surface area (Å²) in [4.78, 5) is 21.3. The molecule has 1 amide bonds. The van der Waals surface area contributed by atoms with Gasteiger partial charge in [-0.25, -0.2) is 0 Å². The Morgan fingerprint density at radius 3 is 2.69 bits per heavy atom. The Labute approximate surface area is 176 Å². The zero-order valence-corrected chi connectivity index (χ0v) is 17.2. The molecule has 0 bridgehead atoms. The Balaban J connectivity index is 1.35. The quantitative estimate of drug-likeness (QED) is 0.751. The number of morpholine rings is 2. The molecule has 2 saturated heterocycles. The van der Waals surface area contributed by atoms with Gasteiger partial charge in [-0.2, -0.15) is 0 Å². The highest BCUT2D eigenvalue weighted by molar-refractivity contribution is 6.31. The van der Waals surface area contributed by atoms with Gasteiger partial charge in [0.25, 0.3) is 0 Å². The van der Waals surface area contributed by atoms with Crippen molar-refractivity contribution in [3.63, 3.8) is 0 Å². The highest BCUT2D eigenvalue weighted by Crippen LogP contribution is 2.23. The SMILES string of the molecule is O=C(CN1CCOCC1)N1CCOC(c2ccc(Cc3ccccc3Cl)cn2)C1. The third kappa shape index (κ3) is 5.34. The molecule has 7 heteroatoms.